The molecule has 0 fully saturated rings. The number of halogens is 3. The standard InChI is InChI=1S/C10H11F3N2O2/c11-10(12,13)9(14)6-3-7-1-4-8(5-2-7)15(16)17/h1-2,4-5,9H,3,6,14H2/t9-/m0/s1. The highest BCUT2D eigenvalue weighted by atomic mass is 19.4. The molecule has 0 aliphatic heterocycles. The van der Waals surface area contributed by atoms with E-state index in [0.717, 1.165) is 0 Å². The summed E-state index contributed by atoms with van der Waals surface area (Å²) >= 11 is 0. The minimum atomic E-state index is -4.40. The number of nitro groups is 1. The third kappa shape index (κ3) is 4.03. The van der Waals surface area contributed by atoms with Crippen LogP contribution in [-0.2, 0) is 6.42 Å². The van der Waals surface area contributed by atoms with Crippen molar-refractivity contribution in [1.82, 2.24) is 0 Å². The molecule has 0 bridgehead atoms. The van der Waals surface area contributed by atoms with Crippen LogP contribution < -0.4 is 5.73 Å². The number of benzene rings is 1. The van der Waals surface area contributed by atoms with Gasteiger partial charge >= 0.3 is 6.18 Å². The Hall–Kier alpha value is -1.63. The first-order chi connectivity index (χ1) is 7.80. The van der Waals surface area contributed by atoms with Crippen LogP contribution in [0, 0.1) is 10.1 Å². The molecule has 4 nitrogen and oxygen atoms in total. The fraction of sp³-hybridized carbons (Fsp3) is 0.400. The zero-order chi connectivity index (χ0) is 13.1. The van der Waals surface area contributed by atoms with Crippen molar-refractivity contribution < 1.29 is 18.1 Å². The average Bonchev–Trinajstić information content (AvgIpc) is 2.25. The first-order valence-corrected chi connectivity index (χ1v) is 4.86. The smallest absolute Gasteiger partial charge is 0.320 e. The largest absolute Gasteiger partial charge is 0.403 e. The normalized spacial score (nSPS) is 13.4. The summed E-state index contributed by atoms with van der Waals surface area (Å²) in [6, 6.07) is 3.52. The van der Waals surface area contributed by atoms with Gasteiger partial charge in [0, 0.05) is 12.1 Å². The summed E-state index contributed by atoms with van der Waals surface area (Å²) < 4.78 is 36.3. The monoisotopic (exact) mass is 248 g/mol. The van der Waals surface area contributed by atoms with Gasteiger partial charge in [0.05, 0.1) is 4.92 Å². The van der Waals surface area contributed by atoms with Gasteiger partial charge in [0.15, 0.2) is 0 Å². The lowest BCUT2D eigenvalue weighted by molar-refractivity contribution is -0.384. The molecule has 0 spiro atoms. The van der Waals surface area contributed by atoms with Gasteiger partial charge in [0.1, 0.15) is 6.04 Å². The molecule has 0 aromatic heterocycles. The second-order valence-electron chi connectivity index (χ2n) is 3.61. The van der Waals surface area contributed by atoms with Crippen molar-refractivity contribution in [2.45, 2.75) is 25.1 Å². The number of hydrogen-bond acceptors (Lipinski definition) is 3. The van der Waals surface area contributed by atoms with Crippen molar-refractivity contribution in [2.75, 3.05) is 0 Å². The van der Waals surface area contributed by atoms with Gasteiger partial charge in [-0.3, -0.25) is 10.1 Å². The Morgan fingerprint density at radius 2 is 1.82 bits per heavy atom. The van der Waals surface area contributed by atoms with Crippen LogP contribution in [0.2, 0.25) is 0 Å². The molecule has 94 valence electrons. The van der Waals surface area contributed by atoms with E-state index in [1.54, 1.807) is 0 Å². The molecule has 0 aliphatic rings. The molecule has 7 heteroatoms. The Morgan fingerprint density at radius 1 is 1.29 bits per heavy atom. The second-order valence-corrected chi connectivity index (χ2v) is 3.61. The first-order valence-electron chi connectivity index (χ1n) is 4.86. The summed E-state index contributed by atoms with van der Waals surface area (Å²) in [7, 11) is 0. The van der Waals surface area contributed by atoms with Crippen molar-refractivity contribution in [1.29, 1.82) is 0 Å². The summed E-state index contributed by atoms with van der Waals surface area (Å²) in [4.78, 5) is 9.78. The molecule has 0 aliphatic carbocycles. The third-order valence-corrected chi connectivity index (χ3v) is 2.31. The van der Waals surface area contributed by atoms with Crippen LogP contribution >= 0.6 is 0 Å². The summed E-state index contributed by atoms with van der Waals surface area (Å²) in [6.07, 6.45) is -4.50. The maximum absolute atomic E-state index is 12.1. The fourth-order valence-electron chi connectivity index (χ4n) is 1.27. The maximum atomic E-state index is 12.1. The van der Waals surface area contributed by atoms with Crippen molar-refractivity contribution in [3.05, 3.63) is 39.9 Å². The molecule has 1 rings (SSSR count). The summed E-state index contributed by atoms with van der Waals surface area (Å²) in [5.74, 6) is 0. The predicted molar refractivity (Wildman–Crippen MR) is 55.4 cm³/mol. The van der Waals surface area contributed by atoms with E-state index in [9.17, 15) is 23.3 Å². The molecule has 0 unspecified atom stereocenters. The van der Waals surface area contributed by atoms with Gasteiger partial charge < -0.3 is 5.73 Å². The quantitative estimate of drug-likeness (QED) is 0.657. The molecule has 1 atom stereocenters. The molecule has 2 N–H and O–H groups in total. The number of hydrogen-bond donors (Lipinski definition) is 1. The van der Waals surface area contributed by atoms with Crippen LogP contribution in [0.25, 0.3) is 0 Å². The van der Waals surface area contributed by atoms with Gasteiger partial charge in [0.25, 0.3) is 5.69 Å². The number of aryl methyl sites for hydroxylation is 1. The van der Waals surface area contributed by atoms with E-state index in [2.05, 4.69) is 0 Å². The van der Waals surface area contributed by atoms with Crippen LogP contribution in [-0.4, -0.2) is 17.1 Å². The molecule has 1 aromatic carbocycles. The molecule has 0 saturated heterocycles. The van der Waals surface area contributed by atoms with E-state index in [-0.39, 0.29) is 18.5 Å². The number of non-ortho nitro benzene ring substituents is 1. The Bertz CT molecular complexity index is 390. The number of nitrogens with two attached hydrogens (primary N) is 1. The molecule has 0 heterocycles. The van der Waals surface area contributed by atoms with Crippen LogP contribution in [0.4, 0.5) is 18.9 Å². The highest BCUT2D eigenvalue weighted by Gasteiger charge is 2.35. The zero-order valence-electron chi connectivity index (χ0n) is 8.78. The summed E-state index contributed by atoms with van der Waals surface area (Å²) in [5.41, 5.74) is 5.45. The summed E-state index contributed by atoms with van der Waals surface area (Å²) in [5, 5.41) is 10.3. The Morgan fingerprint density at radius 3 is 2.24 bits per heavy atom. The van der Waals surface area contributed by atoms with Crippen LogP contribution in [0.5, 0.6) is 0 Å². The summed E-state index contributed by atoms with van der Waals surface area (Å²) in [6.45, 7) is 0. The van der Waals surface area contributed by atoms with Gasteiger partial charge in [-0.05, 0) is 18.4 Å². The number of alkyl halides is 3. The van der Waals surface area contributed by atoms with Gasteiger partial charge in [0.2, 0.25) is 0 Å². The lowest BCUT2D eigenvalue weighted by atomic mass is 10.1. The van der Waals surface area contributed by atoms with E-state index in [1.165, 1.54) is 24.3 Å². The van der Waals surface area contributed by atoms with E-state index in [4.69, 9.17) is 5.73 Å². The van der Waals surface area contributed by atoms with Crippen molar-refractivity contribution in [3.8, 4) is 0 Å². The fourth-order valence-corrected chi connectivity index (χ4v) is 1.27. The Kier molecular flexibility index (Phi) is 4.06. The van der Waals surface area contributed by atoms with Crippen LogP contribution in [0.1, 0.15) is 12.0 Å². The highest BCUT2D eigenvalue weighted by molar-refractivity contribution is 5.32. The lowest BCUT2D eigenvalue weighted by Crippen LogP contribution is -2.37. The molecular formula is C10H11F3N2O2. The molecular weight excluding hydrogens is 237 g/mol. The van der Waals surface area contributed by atoms with E-state index < -0.39 is 17.1 Å². The molecule has 0 amide bonds. The zero-order valence-corrected chi connectivity index (χ0v) is 8.78. The highest BCUT2D eigenvalue weighted by Crippen LogP contribution is 2.22. The van der Waals surface area contributed by atoms with Gasteiger partial charge in [-0.2, -0.15) is 13.2 Å². The van der Waals surface area contributed by atoms with E-state index in [1.807, 2.05) is 0 Å². The topological polar surface area (TPSA) is 69.2 Å². The Balaban J connectivity index is 2.56. The number of nitrogens with zero attached hydrogens (tertiary/aromatic N) is 1. The van der Waals surface area contributed by atoms with Gasteiger partial charge in [-0.15, -0.1) is 0 Å². The number of nitro benzene ring substituents is 1. The SMILES string of the molecule is N[C@@H](CCc1ccc([N+](=O)[O-])cc1)C(F)(F)F. The van der Waals surface area contributed by atoms with Crippen LogP contribution in [0.15, 0.2) is 24.3 Å². The predicted octanol–water partition coefficient (Wildman–Crippen LogP) is 2.42. The third-order valence-electron chi connectivity index (χ3n) is 2.31. The van der Waals surface area contributed by atoms with E-state index in [0.29, 0.717) is 5.56 Å². The lowest BCUT2D eigenvalue weighted by Gasteiger charge is -2.14. The second kappa shape index (κ2) is 5.13. The van der Waals surface area contributed by atoms with Crippen LogP contribution in [0.3, 0.4) is 0 Å². The van der Waals surface area contributed by atoms with Crippen molar-refractivity contribution >= 4 is 5.69 Å². The minimum Gasteiger partial charge on any atom is -0.320 e. The van der Waals surface area contributed by atoms with Crippen molar-refractivity contribution in [3.63, 3.8) is 0 Å². The molecule has 1 aromatic rings. The Labute approximate surface area is 95.4 Å². The first kappa shape index (κ1) is 13.4. The van der Waals surface area contributed by atoms with Gasteiger partial charge in [-0.25, -0.2) is 0 Å². The maximum Gasteiger partial charge on any atom is 0.403 e. The molecule has 0 radical (unpaired) electrons. The average molecular weight is 248 g/mol. The molecule has 0 saturated carbocycles. The van der Waals surface area contributed by atoms with E-state index >= 15 is 0 Å². The number of rotatable bonds is 4. The van der Waals surface area contributed by atoms with Crippen molar-refractivity contribution in [2.24, 2.45) is 5.73 Å². The molecule has 17 heavy (non-hydrogen) atoms. The van der Waals surface area contributed by atoms with Gasteiger partial charge in [-0.1, -0.05) is 12.1 Å². The minimum absolute atomic E-state index is 0.0890.